The summed E-state index contributed by atoms with van der Waals surface area (Å²) in [6, 6.07) is 0. The zero-order valence-electron chi connectivity index (χ0n) is 8.79. The summed E-state index contributed by atoms with van der Waals surface area (Å²) in [5.41, 5.74) is 0.478. The van der Waals surface area contributed by atoms with Gasteiger partial charge in [0.05, 0.1) is 0 Å². The smallest absolute Gasteiger partial charge is 0.00642 e. The molecule has 0 nitrogen and oxygen atoms in total. The van der Waals surface area contributed by atoms with Gasteiger partial charge in [0.1, 0.15) is 0 Å². The van der Waals surface area contributed by atoms with E-state index < -0.39 is 0 Å². The first kappa shape index (κ1) is 9.05. The Morgan fingerprint density at radius 1 is 1.23 bits per heavy atom. The van der Waals surface area contributed by atoms with E-state index in [0.29, 0.717) is 5.41 Å². The third kappa shape index (κ3) is 1.72. The van der Waals surface area contributed by atoms with Gasteiger partial charge in [-0.1, -0.05) is 38.2 Å². The minimum absolute atomic E-state index is 0.478. The van der Waals surface area contributed by atoms with Crippen LogP contribution in [-0.4, -0.2) is 0 Å². The molecule has 1 spiro atoms. The van der Waals surface area contributed by atoms with Gasteiger partial charge in [-0.3, -0.25) is 0 Å². The Balaban J connectivity index is 2.07. The normalized spacial score (nSPS) is 37.9. The highest BCUT2D eigenvalue weighted by molar-refractivity contribution is 5.19. The first-order chi connectivity index (χ1) is 6.22. The predicted octanol–water partition coefficient (Wildman–Crippen LogP) is 3.95. The van der Waals surface area contributed by atoms with Crippen LogP contribution in [0.15, 0.2) is 24.3 Å². The topological polar surface area (TPSA) is 0 Å². The number of rotatable bonds is 1. The molecule has 0 aromatic carbocycles. The van der Waals surface area contributed by atoms with Gasteiger partial charge >= 0.3 is 0 Å². The average Bonchev–Trinajstić information content (AvgIpc) is 2.54. The van der Waals surface area contributed by atoms with Gasteiger partial charge in [0.2, 0.25) is 0 Å². The molecule has 0 aromatic rings. The van der Waals surface area contributed by atoms with Crippen LogP contribution in [0.25, 0.3) is 0 Å². The van der Waals surface area contributed by atoms with Crippen LogP contribution in [0.5, 0.6) is 0 Å². The maximum absolute atomic E-state index is 2.48. The third-order valence-corrected chi connectivity index (χ3v) is 3.70. The Morgan fingerprint density at radius 3 is 2.54 bits per heavy atom. The lowest BCUT2D eigenvalue weighted by Crippen LogP contribution is -2.20. The minimum Gasteiger partial charge on any atom is -0.0876 e. The summed E-state index contributed by atoms with van der Waals surface area (Å²) in [7, 11) is 0. The SMILES string of the molecule is CC(C)C1C=CC2(C=CCC2)CC1. The van der Waals surface area contributed by atoms with Crippen LogP contribution in [0.3, 0.4) is 0 Å². The molecule has 0 radical (unpaired) electrons. The second-order valence-corrected chi connectivity index (χ2v) is 4.98. The minimum atomic E-state index is 0.478. The molecular weight excluding hydrogens is 156 g/mol. The van der Waals surface area contributed by atoms with Crippen molar-refractivity contribution in [2.45, 2.75) is 39.5 Å². The van der Waals surface area contributed by atoms with Gasteiger partial charge in [-0.25, -0.2) is 0 Å². The largest absolute Gasteiger partial charge is 0.0876 e. The zero-order valence-corrected chi connectivity index (χ0v) is 8.79. The van der Waals surface area contributed by atoms with Crippen molar-refractivity contribution in [2.75, 3.05) is 0 Å². The maximum atomic E-state index is 2.48. The lowest BCUT2D eigenvalue weighted by Gasteiger charge is -2.32. The van der Waals surface area contributed by atoms with E-state index in [2.05, 4.69) is 38.2 Å². The van der Waals surface area contributed by atoms with E-state index in [0.717, 1.165) is 11.8 Å². The van der Waals surface area contributed by atoms with Crippen molar-refractivity contribution in [1.82, 2.24) is 0 Å². The molecule has 2 rings (SSSR count). The van der Waals surface area contributed by atoms with Crippen LogP contribution in [0.2, 0.25) is 0 Å². The summed E-state index contributed by atoms with van der Waals surface area (Å²) in [4.78, 5) is 0. The van der Waals surface area contributed by atoms with Crippen LogP contribution in [0.1, 0.15) is 39.5 Å². The van der Waals surface area contributed by atoms with Gasteiger partial charge in [-0.05, 0) is 37.5 Å². The highest BCUT2D eigenvalue weighted by atomic mass is 14.4. The van der Waals surface area contributed by atoms with Gasteiger partial charge in [-0.15, -0.1) is 0 Å². The second-order valence-electron chi connectivity index (χ2n) is 4.98. The van der Waals surface area contributed by atoms with E-state index in [1.165, 1.54) is 25.7 Å². The van der Waals surface area contributed by atoms with Crippen molar-refractivity contribution in [1.29, 1.82) is 0 Å². The van der Waals surface area contributed by atoms with Crippen molar-refractivity contribution in [3.05, 3.63) is 24.3 Å². The van der Waals surface area contributed by atoms with Crippen LogP contribution >= 0.6 is 0 Å². The fraction of sp³-hybridized carbons (Fsp3) is 0.692. The molecule has 2 atom stereocenters. The molecule has 72 valence electrons. The zero-order chi connectivity index (χ0) is 9.31. The first-order valence-corrected chi connectivity index (χ1v) is 5.59. The molecule has 0 saturated carbocycles. The molecule has 0 fully saturated rings. The number of hydrogen-bond donors (Lipinski definition) is 0. The molecule has 0 bridgehead atoms. The lowest BCUT2D eigenvalue weighted by molar-refractivity contribution is 0.321. The van der Waals surface area contributed by atoms with E-state index in [4.69, 9.17) is 0 Å². The van der Waals surface area contributed by atoms with Gasteiger partial charge in [0.15, 0.2) is 0 Å². The molecular formula is C13H20. The van der Waals surface area contributed by atoms with E-state index in [9.17, 15) is 0 Å². The Hall–Kier alpha value is -0.520. The monoisotopic (exact) mass is 176 g/mol. The van der Waals surface area contributed by atoms with Gasteiger partial charge < -0.3 is 0 Å². The molecule has 0 saturated heterocycles. The molecule has 0 N–H and O–H groups in total. The van der Waals surface area contributed by atoms with Gasteiger partial charge in [-0.2, -0.15) is 0 Å². The summed E-state index contributed by atoms with van der Waals surface area (Å²) >= 11 is 0. The fourth-order valence-electron chi connectivity index (χ4n) is 2.59. The van der Waals surface area contributed by atoms with E-state index in [1.807, 2.05) is 0 Å². The summed E-state index contributed by atoms with van der Waals surface area (Å²) in [5.74, 6) is 1.65. The Labute approximate surface area is 81.7 Å². The second kappa shape index (κ2) is 3.32. The van der Waals surface area contributed by atoms with Crippen molar-refractivity contribution in [3.63, 3.8) is 0 Å². The Kier molecular flexibility index (Phi) is 2.31. The molecule has 0 aliphatic heterocycles. The summed E-state index contributed by atoms with van der Waals surface area (Å²) in [5, 5.41) is 0. The van der Waals surface area contributed by atoms with Crippen LogP contribution in [0.4, 0.5) is 0 Å². The predicted molar refractivity (Wildman–Crippen MR) is 57.5 cm³/mol. The van der Waals surface area contributed by atoms with Crippen LogP contribution in [-0.2, 0) is 0 Å². The molecule has 2 aliphatic carbocycles. The maximum Gasteiger partial charge on any atom is 0.00642 e. The molecule has 0 aromatic heterocycles. The molecule has 2 unspecified atom stereocenters. The van der Waals surface area contributed by atoms with Gasteiger partial charge in [0.25, 0.3) is 0 Å². The average molecular weight is 176 g/mol. The lowest BCUT2D eigenvalue weighted by atomic mass is 9.73. The van der Waals surface area contributed by atoms with E-state index >= 15 is 0 Å². The molecule has 2 aliphatic rings. The molecule has 13 heavy (non-hydrogen) atoms. The fourth-order valence-corrected chi connectivity index (χ4v) is 2.59. The van der Waals surface area contributed by atoms with Crippen molar-refractivity contribution >= 4 is 0 Å². The highest BCUT2D eigenvalue weighted by Crippen LogP contribution is 2.43. The van der Waals surface area contributed by atoms with E-state index in [-0.39, 0.29) is 0 Å². The Morgan fingerprint density at radius 2 is 2.08 bits per heavy atom. The van der Waals surface area contributed by atoms with Crippen molar-refractivity contribution in [3.8, 4) is 0 Å². The third-order valence-electron chi connectivity index (χ3n) is 3.70. The highest BCUT2D eigenvalue weighted by Gasteiger charge is 2.31. The number of hydrogen-bond acceptors (Lipinski definition) is 0. The quantitative estimate of drug-likeness (QED) is 0.531. The van der Waals surface area contributed by atoms with E-state index in [1.54, 1.807) is 0 Å². The van der Waals surface area contributed by atoms with Crippen LogP contribution in [0, 0.1) is 17.3 Å². The standard InChI is InChI=1S/C13H20/c1-11(2)12-5-9-13(10-6-12)7-3-4-8-13/h3,5,7,9,11-12H,4,6,8,10H2,1-2H3. The van der Waals surface area contributed by atoms with Crippen molar-refractivity contribution in [2.24, 2.45) is 17.3 Å². The summed E-state index contributed by atoms with van der Waals surface area (Å²) < 4.78 is 0. The van der Waals surface area contributed by atoms with Gasteiger partial charge in [0, 0.05) is 5.41 Å². The summed E-state index contributed by atoms with van der Waals surface area (Å²) in [6.07, 6.45) is 15.1. The number of allylic oxidation sites excluding steroid dienone is 4. The molecule has 0 heteroatoms. The van der Waals surface area contributed by atoms with Crippen molar-refractivity contribution < 1.29 is 0 Å². The molecule has 0 amide bonds. The Bertz CT molecular complexity index is 234. The first-order valence-electron chi connectivity index (χ1n) is 5.59. The summed E-state index contributed by atoms with van der Waals surface area (Å²) in [6.45, 7) is 4.66. The van der Waals surface area contributed by atoms with Crippen LogP contribution < -0.4 is 0 Å². The molecule has 0 heterocycles.